The summed E-state index contributed by atoms with van der Waals surface area (Å²) in [5, 5.41) is 9.40. The normalized spacial score (nSPS) is 17.5. The monoisotopic (exact) mass is 493 g/mol. The Bertz CT molecular complexity index is 1090. The number of nitrogens with one attached hydrogen (secondary N) is 1. The Morgan fingerprint density at radius 2 is 1.83 bits per heavy atom. The van der Waals surface area contributed by atoms with Crippen LogP contribution < -0.4 is 11.3 Å². The van der Waals surface area contributed by atoms with Crippen molar-refractivity contribution in [3.63, 3.8) is 0 Å². The highest BCUT2D eigenvalue weighted by atomic mass is 31.3. The number of fused-ring (bicyclic) bond motifs is 1. The van der Waals surface area contributed by atoms with Crippen molar-refractivity contribution in [3.05, 3.63) is 16.7 Å². The zero-order chi connectivity index (χ0) is 22.7. The molecule has 0 saturated heterocycles. The molecular formula is C10H18N5O12P3. The number of aliphatic hydroxyl groups is 1. The van der Waals surface area contributed by atoms with Gasteiger partial charge in [-0.3, -0.25) is 14.3 Å². The van der Waals surface area contributed by atoms with Crippen LogP contribution in [0.3, 0.4) is 0 Å². The molecular weight excluding hydrogens is 475 g/mol. The molecule has 17 nitrogen and oxygen atoms in total. The molecule has 2 rings (SSSR count). The van der Waals surface area contributed by atoms with Crippen LogP contribution in [0.1, 0.15) is 6.42 Å². The number of hydrogen-bond donors (Lipinski definition) is 7. The first kappa shape index (κ1) is 24.8. The van der Waals surface area contributed by atoms with Crippen LogP contribution in [0.4, 0.5) is 5.95 Å². The van der Waals surface area contributed by atoms with Crippen molar-refractivity contribution in [3.8, 4) is 0 Å². The number of anilines is 1. The standard InChI is InChI=1S/C10H18N5O12P3/c11-10-13-8-7(9(17)14-10)12-5-15(8)2-1-6(3-16)4-25-29(21,22)27-30(23,24)26-28(18,19)20/h5-6,16H,1-4H2,(H,21,22)(H,23,24)(H2,18,19,20)(H3,11,13,14,17). The third-order valence-electron chi connectivity index (χ3n) is 3.42. The molecule has 0 amide bonds. The van der Waals surface area contributed by atoms with Gasteiger partial charge in [-0.05, 0) is 6.42 Å². The van der Waals surface area contributed by atoms with E-state index in [2.05, 4.69) is 28.1 Å². The molecule has 0 aliphatic rings. The average Bonchev–Trinajstić information content (AvgIpc) is 2.94. The van der Waals surface area contributed by atoms with Crippen molar-refractivity contribution >= 4 is 40.6 Å². The molecule has 0 radical (unpaired) electrons. The fraction of sp³-hybridized carbons (Fsp3) is 0.500. The number of aromatic amines is 1. The lowest BCUT2D eigenvalue weighted by Gasteiger charge is -2.19. The van der Waals surface area contributed by atoms with E-state index in [1.165, 1.54) is 10.9 Å². The van der Waals surface area contributed by atoms with E-state index in [-0.39, 0.29) is 30.1 Å². The number of phosphoric acid groups is 3. The summed E-state index contributed by atoms with van der Waals surface area (Å²) < 4.78 is 46.6. The predicted octanol–water partition coefficient (Wildman–Crippen LogP) is -0.956. The highest BCUT2D eigenvalue weighted by Crippen LogP contribution is 2.66. The van der Waals surface area contributed by atoms with Crippen LogP contribution in [0.15, 0.2) is 11.1 Å². The van der Waals surface area contributed by atoms with E-state index >= 15 is 0 Å². The number of rotatable bonds is 11. The smallest absolute Gasteiger partial charge is 0.396 e. The number of aromatic nitrogens is 4. The molecule has 0 bridgehead atoms. The molecule has 3 atom stereocenters. The quantitative estimate of drug-likeness (QED) is 0.186. The Morgan fingerprint density at radius 3 is 2.43 bits per heavy atom. The average molecular weight is 493 g/mol. The van der Waals surface area contributed by atoms with E-state index in [1.807, 2.05) is 0 Å². The van der Waals surface area contributed by atoms with Crippen molar-refractivity contribution in [1.29, 1.82) is 0 Å². The largest absolute Gasteiger partial charge is 0.490 e. The van der Waals surface area contributed by atoms with E-state index in [0.717, 1.165) is 0 Å². The molecule has 0 aliphatic heterocycles. The molecule has 170 valence electrons. The van der Waals surface area contributed by atoms with E-state index < -0.39 is 48.2 Å². The number of aliphatic hydroxyl groups excluding tert-OH is 1. The lowest BCUT2D eigenvalue weighted by molar-refractivity contribution is 0.118. The third-order valence-corrected chi connectivity index (χ3v) is 7.22. The maximum atomic E-state index is 11.7. The number of nitrogens with two attached hydrogens (primary N) is 1. The zero-order valence-corrected chi connectivity index (χ0v) is 17.5. The molecule has 0 spiro atoms. The molecule has 3 unspecified atom stereocenters. The van der Waals surface area contributed by atoms with Gasteiger partial charge in [-0.25, -0.2) is 18.7 Å². The number of hydrogen-bond acceptors (Lipinski definition) is 11. The van der Waals surface area contributed by atoms with Crippen LogP contribution in [0.25, 0.3) is 11.2 Å². The van der Waals surface area contributed by atoms with Gasteiger partial charge in [0.2, 0.25) is 5.95 Å². The minimum absolute atomic E-state index is 0.0259. The summed E-state index contributed by atoms with van der Waals surface area (Å²) in [7, 11) is -16.4. The Kier molecular flexibility index (Phi) is 7.72. The topological polar surface area (TPSA) is 270 Å². The van der Waals surface area contributed by atoms with Gasteiger partial charge in [0, 0.05) is 19.1 Å². The molecule has 0 saturated carbocycles. The number of phosphoric ester groups is 1. The minimum Gasteiger partial charge on any atom is -0.396 e. The van der Waals surface area contributed by atoms with Gasteiger partial charge in [-0.15, -0.1) is 0 Å². The molecule has 0 aliphatic carbocycles. The van der Waals surface area contributed by atoms with E-state index in [9.17, 15) is 28.5 Å². The second kappa shape index (κ2) is 9.34. The second-order valence-corrected chi connectivity index (χ2v) is 10.2. The number of aryl methyl sites for hydroxylation is 1. The molecule has 0 aromatic carbocycles. The lowest BCUT2D eigenvalue weighted by Crippen LogP contribution is -2.17. The van der Waals surface area contributed by atoms with Crippen LogP contribution in [0, 0.1) is 5.92 Å². The second-order valence-electron chi connectivity index (χ2n) is 5.79. The Hall–Kier alpha value is -1.48. The summed E-state index contributed by atoms with van der Waals surface area (Å²) in [5.74, 6) is -0.938. The van der Waals surface area contributed by atoms with Crippen LogP contribution in [-0.4, -0.2) is 57.4 Å². The first-order chi connectivity index (χ1) is 13.7. The van der Waals surface area contributed by atoms with Gasteiger partial charge < -0.3 is 35.0 Å². The van der Waals surface area contributed by atoms with Gasteiger partial charge in [0.05, 0.1) is 12.9 Å². The zero-order valence-electron chi connectivity index (χ0n) is 14.8. The summed E-state index contributed by atoms with van der Waals surface area (Å²) in [6.45, 7) is -1.07. The van der Waals surface area contributed by atoms with Crippen LogP contribution in [0.2, 0.25) is 0 Å². The van der Waals surface area contributed by atoms with Crippen LogP contribution in [0.5, 0.6) is 0 Å². The number of H-pyrrole nitrogens is 1. The minimum atomic E-state index is -5.62. The van der Waals surface area contributed by atoms with E-state index in [1.54, 1.807) is 0 Å². The molecule has 8 N–H and O–H groups in total. The molecule has 30 heavy (non-hydrogen) atoms. The molecule has 2 heterocycles. The first-order valence-electron chi connectivity index (χ1n) is 7.81. The molecule has 20 heteroatoms. The van der Waals surface area contributed by atoms with Crippen molar-refractivity contribution < 1.29 is 51.5 Å². The van der Waals surface area contributed by atoms with Gasteiger partial charge in [0.25, 0.3) is 5.56 Å². The molecule has 2 aromatic heterocycles. The van der Waals surface area contributed by atoms with Gasteiger partial charge in [0.1, 0.15) is 0 Å². The number of nitrogens with zero attached hydrogens (tertiary/aromatic N) is 3. The third kappa shape index (κ3) is 7.34. The van der Waals surface area contributed by atoms with Gasteiger partial charge in [-0.2, -0.15) is 13.6 Å². The highest BCUT2D eigenvalue weighted by molar-refractivity contribution is 7.66. The lowest BCUT2D eigenvalue weighted by atomic mass is 10.1. The Morgan fingerprint density at radius 1 is 1.17 bits per heavy atom. The summed E-state index contributed by atoms with van der Waals surface area (Å²) in [6.07, 6.45) is 1.40. The Labute approximate surface area is 166 Å². The summed E-state index contributed by atoms with van der Waals surface area (Å²) in [4.78, 5) is 57.3. The fourth-order valence-electron chi connectivity index (χ4n) is 2.19. The summed E-state index contributed by atoms with van der Waals surface area (Å²) in [6, 6.07) is 0. The van der Waals surface area contributed by atoms with E-state index in [4.69, 9.17) is 20.4 Å². The summed E-state index contributed by atoms with van der Waals surface area (Å²) in [5.41, 5.74) is 5.12. The van der Waals surface area contributed by atoms with Gasteiger partial charge in [-0.1, -0.05) is 0 Å². The van der Waals surface area contributed by atoms with Gasteiger partial charge in [0.15, 0.2) is 11.2 Å². The maximum Gasteiger partial charge on any atom is 0.490 e. The van der Waals surface area contributed by atoms with Crippen molar-refractivity contribution in [1.82, 2.24) is 19.5 Å². The van der Waals surface area contributed by atoms with Crippen molar-refractivity contribution in [2.24, 2.45) is 5.92 Å². The van der Waals surface area contributed by atoms with Crippen LogP contribution in [-0.2, 0) is 33.4 Å². The molecule has 2 aromatic rings. The van der Waals surface area contributed by atoms with Crippen molar-refractivity contribution in [2.75, 3.05) is 18.9 Å². The van der Waals surface area contributed by atoms with E-state index in [0.29, 0.717) is 0 Å². The number of imidazole rings is 1. The fourth-order valence-corrected chi connectivity index (χ4v) is 5.28. The predicted molar refractivity (Wildman–Crippen MR) is 97.6 cm³/mol. The van der Waals surface area contributed by atoms with Gasteiger partial charge >= 0.3 is 23.5 Å². The summed E-state index contributed by atoms with van der Waals surface area (Å²) >= 11 is 0. The Balaban J connectivity index is 1.98. The number of nitrogen functional groups attached to an aromatic ring is 1. The van der Waals surface area contributed by atoms with Crippen LogP contribution >= 0.6 is 23.5 Å². The maximum absolute atomic E-state index is 11.7. The SMILES string of the molecule is Nc1nc2c(ncn2CCC(CO)COP(=O)(O)OP(=O)(O)OP(=O)(O)O)c(=O)[nH]1. The molecule has 0 fully saturated rings. The first-order valence-corrected chi connectivity index (χ1v) is 12.3. The van der Waals surface area contributed by atoms with Crippen molar-refractivity contribution in [2.45, 2.75) is 13.0 Å². The highest BCUT2D eigenvalue weighted by Gasteiger charge is 2.40.